The topological polar surface area (TPSA) is 36.9 Å². The van der Waals surface area contributed by atoms with Crippen LogP contribution in [0.3, 0.4) is 0 Å². The molecule has 2 aliphatic rings. The predicted octanol–water partition coefficient (Wildman–Crippen LogP) is 35.8. The number of hydrogen-bond acceptors (Lipinski definition) is 4. The minimum atomic E-state index is -0.151. The maximum Gasteiger partial charge on any atom is 0.119 e. The minimum absolute atomic E-state index is 0.151. The van der Waals surface area contributed by atoms with E-state index in [1.807, 2.05) is 0 Å². The summed E-state index contributed by atoms with van der Waals surface area (Å²) in [4.78, 5) is 0. The number of hydrogen-bond donors (Lipinski definition) is 0. The van der Waals surface area contributed by atoms with Crippen molar-refractivity contribution in [3.8, 4) is 123 Å². The third kappa shape index (κ3) is 23.5. The van der Waals surface area contributed by atoms with Crippen molar-refractivity contribution >= 4 is 0 Å². The average molecular weight is 1620 g/mol. The van der Waals surface area contributed by atoms with Crippen molar-refractivity contribution in [1.29, 1.82) is 0 Å². The van der Waals surface area contributed by atoms with E-state index < -0.39 is 0 Å². The molecule has 0 heterocycles. The lowest BCUT2D eigenvalue weighted by Gasteiger charge is -2.34. The summed E-state index contributed by atoms with van der Waals surface area (Å²) in [5, 5.41) is 0. The van der Waals surface area contributed by atoms with Gasteiger partial charge in [0, 0.05) is 10.8 Å². The van der Waals surface area contributed by atoms with Gasteiger partial charge in [0.2, 0.25) is 0 Å². The van der Waals surface area contributed by atoms with Gasteiger partial charge in [-0.1, -0.05) is 354 Å². The second-order valence-corrected chi connectivity index (χ2v) is 36.7. The van der Waals surface area contributed by atoms with E-state index >= 15 is 0 Å². The molecule has 0 aromatic heterocycles. The summed E-state index contributed by atoms with van der Waals surface area (Å²) in [7, 11) is 0. The molecule has 0 aliphatic heterocycles. The van der Waals surface area contributed by atoms with Gasteiger partial charge in [0.05, 0.1) is 26.4 Å². The zero-order chi connectivity index (χ0) is 84.8. The number of ether oxygens (including phenoxy) is 4. The van der Waals surface area contributed by atoms with Crippen LogP contribution in [0.5, 0.6) is 23.0 Å². The Kier molecular flexibility index (Phi) is 35.4. The largest absolute Gasteiger partial charge is 0.493 e. The van der Waals surface area contributed by atoms with Crippen molar-refractivity contribution < 1.29 is 18.9 Å². The molecule has 0 N–H and O–H groups in total. The molecular weight excluding hydrogens is 1470 g/mol. The Morgan fingerprint density at radius 3 is 0.612 bits per heavy atom. The van der Waals surface area contributed by atoms with Gasteiger partial charge in [-0.05, 0) is 307 Å². The molecule has 12 rings (SSSR count). The van der Waals surface area contributed by atoms with E-state index in [0.717, 1.165) is 101 Å². The maximum atomic E-state index is 6.54. The van der Waals surface area contributed by atoms with Crippen molar-refractivity contribution in [1.82, 2.24) is 0 Å². The van der Waals surface area contributed by atoms with E-state index in [1.165, 1.54) is 285 Å². The minimum Gasteiger partial charge on any atom is -0.493 e. The summed E-state index contributed by atoms with van der Waals surface area (Å²) in [6, 6.07) is 81.4. The Balaban J connectivity index is 0.948. The smallest absolute Gasteiger partial charge is 0.119 e. The fourth-order valence-electron chi connectivity index (χ4n) is 20.0. The summed E-state index contributed by atoms with van der Waals surface area (Å²) in [5.41, 5.74) is 28.9. The summed E-state index contributed by atoms with van der Waals surface area (Å²) >= 11 is 0. The van der Waals surface area contributed by atoms with Crippen molar-refractivity contribution in [3.63, 3.8) is 0 Å². The molecule has 0 radical (unpaired) electrons. The average Bonchev–Trinajstić information content (AvgIpc) is 1.56. The van der Waals surface area contributed by atoms with Gasteiger partial charge in [0.1, 0.15) is 23.0 Å². The SMILES string of the molecule is CCCCCCC1(CCCCCC)c2cc(-c3cc(-c4ccc(OCC(CC)CCC)cc4)cc(-c4ccc(OCC(CC)CCCC)cc4)c3)ccc2-c2ccc(-c3ccc4c(c3)C(CCCCCC)(CCCCCC)c3cc(-c5cc(-c6ccc(OCC(CC)CCCC)cc6)cc(-c6ccc(OCC(CC)CCCC)cc6)c5)ccc3-4)cc21. The molecule has 4 unspecified atom stereocenters. The van der Waals surface area contributed by atoms with Crippen molar-refractivity contribution in [2.45, 2.75) is 319 Å². The lowest BCUT2D eigenvalue weighted by atomic mass is 9.69. The molecule has 644 valence electrons. The van der Waals surface area contributed by atoms with Crippen LogP contribution in [0.4, 0.5) is 0 Å². The molecule has 10 aromatic carbocycles. The maximum absolute atomic E-state index is 6.54. The van der Waals surface area contributed by atoms with Crippen LogP contribution in [0.2, 0.25) is 0 Å². The lowest BCUT2D eigenvalue weighted by molar-refractivity contribution is 0.233. The first-order valence-electron chi connectivity index (χ1n) is 49.2. The van der Waals surface area contributed by atoms with Gasteiger partial charge in [-0.25, -0.2) is 0 Å². The summed E-state index contributed by atoms with van der Waals surface area (Å²) in [6.45, 7) is 30.9. The zero-order valence-corrected chi connectivity index (χ0v) is 77.1. The van der Waals surface area contributed by atoms with Crippen LogP contribution < -0.4 is 18.9 Å². The first-order valence-corrected chi connectivity index (χ1v) is 49.2. The van der Waals surface area contributed by atoms with Gasteiger partial charge in [-0.15, -0.1) is 0 Å². The van der Waals surface area contributed by atoms with E-state index in [0.29, 0.717) is 23.7 Å². The van der Waals surface area contributed by atoms with E-state index in [2.05, 4.69) is 289 Å². The van der Waals surface area contributed by atoms with Crippen molar-refractivity contribution in [3.05, 3.63) is 229 Å². The number of benzene rings is 10. The fourth-order valence-corrected chi connectivity index (χ4v) is 20.0. The third-order valence-electron chi connectivity index (χ3n) is 28.0. The van der Waals surface area contributed by atoms with Gasteiger partial charge in [-0.2, -0.15) is 0 Å². The monoisotopic (exact) mass is 1620 g/mol. The van der Waals surface area contributed by atoms with E-state index in [-0.39, 0.29) is 10.8 Å². The molecule has 0 saturated carbocycles. The highest BCUT2D eigenvalue weighted by molar-refractivity contribution is 5.91. The highest BCUT2D eigenvalue weighted by Gasteiger charge is 2.45. The molecule has 2 aliphatic carbocycles. The van der Waals surface area contributed by atoms with E-state index in [4.69, 9.17) is 18.9 Å². The molecule has 0 spiro atoms. The van der Waals surface area contributed by atoms with Crippen molar-refractivity contribution in [2.75, 3.05) is 26.4 Å². The van der Waals surface area contributed by atoms with Gasteiger partial charge in [-0.3, -0.25) is 0 Å². The summed E-state index contributed by atoms with van der Waals surface area (Å²) < 4.78 is 26.1. The van der Waals surface area contributed by atoms with Gasteiger partial charge >= 0.3 is 0 Å². The Labute approximate surface area is 734 Å². The van der Waals surface area contributed by atoms with Crippen LogP contribution in [0, 0.1) is 23.7 Å². The highest BCUT2D eigenvalue weighted by Crippen LogP contribution is 2.59. The predicted molar refractivity (Wildman–Crippen MR) is 523 cm³/mol. The standard InChI is InChI=1S/C117H152O4/c1-13-25-32-36-68-116(69-37-33-26-14-2)112-78-94(52-64-108(112)110-66-54-96(80-114(110)116)102-74-98(90-44-56-104(57-45-90)118-82-86(21-9)40-20-8)72-99(75-102)91-46-58-105(59-47-91)119-83-87(22-10)41-29-17-5)95-53-65-109-111-67-55-97(81-115(111)117(113(109)79-95,70-38-34-27-15-3)71-39-35-28-16-4)103-76-100(92-48-60-106(61-49-92)120-84-88(23-11)42-30-18-6)73-101(77-103)93-50-62-107(63-51-93)121-85-89(24-12)43-31-19-7/h44-67,72-81,86-89H,13-43,68-71,82-85H2,1-12H3. The van der Waals surface area contributed by atoms with Crippen molar-refractivity contribution in [2.24, 2.45) is 23.7 Å². The number of rotatable bonds is 54. The molecule has 10 aromatic rings. The highest BCUT2D eigenvalue weighted by atomic mass is 16.5. The molecule has 0 bridgehead atoms. The lowest BCUT2D eigenvalue weighted by Crippen LogP contribution is -2.26. The Morgan fingerprint density at radius 2 is 0.397 bits per heavy atom. The molecule has 0 amide bonds. The summed E-state index contributed by atoms with van der Waals surface area (Å²) in [6.07, 6.45) is 42.2. The molecule has 4 atom stereocenters. The van der Waals surface area contributed by atoms with Gasteiger partial charge < -0.3 is 18.9 Å². The van der Waals surface area contributed by atoms with Gasteiger partial charge in [0.15, 0.2) is 0 Å². The summed E-state index contributed by atoms with van der Waals surface area (Å²) in [5.74, 6) is 6.06. The van der Waals surface area contributed by atoms with E-state index in [9.17, 15) is 0 Å². The first kappa shape index (κ1) is 91.6. The number of fused-ring (bicyclic) bond motifs is 6. The molecular formula is C117H152O4. The van der Waals surface area contributed by atoms with Crippen LogP contribution in [-0.4, -0.2) is 26.4 Å². The Hall–Kier alpha value is -8.60. The number of unbranched alkanes of at least 4 members (excludes halogenated alkanes) is 15. The molecule has 0 saturated heterocycles. The Bertz CT molecular complexity index is 4570. The fraction of sp³-hybridized carbons (Fsp3) is 0.487. The van der Waals surface area contributed by atoms with Crippen LogP contribution >= 0.6 is 0 Å². The Morgan fingerprint density at radius 1 is 0.190 bits per heavy atom. The molecule has 4 nitrogen and oxygen atoms in total. The third-order valence-corrected chi connectivity index (χ3v) is 28.0. The van der Waals surface area contributed by atoms with Crippen LogP contribution in [-0.2, 0) is 10.8 Å². The molecule has 4 heteroatoms. The molecule has 121 heavy (non-hydrogen) atoms. The normalized spacial score (nSPS) is 13.9. The van der Waals surface area contributed by atoms with Crippen LogP contribution in [0.15, 0.2) is 206 Å². The van der Waals surface area contributed by atoms with Gasteiger partial charge in [0.25, 0.3) is 0 Å². The quantitative estimate of drug-likeness (QED) is 0.0356. The zero-order valence-electron chi connectivity index (χ0n) is 77.1. The second kappa shape index (κ2) is 46.8. The first-order chi connectivity index (χ1) is 59.4. The van der Waals surface area contributed by atoms with Crippen LogP contribution in [0.1, 0.15) is 330 Å². The molecule has 0 fully saturated rings. The van der Waals surface area contributed by atoms with Crippen LogP contribution in [0.25, 0.3) is 100 Å². The second-order valence-electron chi connectivity index (χ2n) is 36.7. The van der Waals surface area contributed by atoms with E-state index in [1.54, 1.807) is 11.1 Å².